The lowest BCUT2D eigenvalue weighted by Crippen LogP contribution is -2.35. The Morgan fingerprint density at radius 2 is 1.28 bits per heavy atom. The van der Waals surface area contributed by atoms with E-state index in [4.69, 9.17) is 0 Å². The molecule has 0 spiro atoms. The van der Waals surface area contributed by atoms with E-state index in [0.717, 1.165) is 27.7 Å². The van der Waals surface area contributed by atoms with Crippen molar-refractivity contribution in [3.05, 3.63) is 0 Å². The van der Waals surface area contributed by atoms with Crippen molar-refractivity contribution in [1.82, 2.24) is 0 Å². The molecule has 8 heteroatoms. The molecular weight excluding hydrogens is 269 g/mol. The van der Waals surface area contributed by atoms with Crippen molar-refractivity contribution in [1.29, 1.82) is 0 Å². The molecule has 0 aromatic heterocycles. The molecule has 0 fully saturated rings. The molecule has 108 valence electrons. The first-order valence-electron chi connectivity index (χ1n) is 5.41. The van der Waals surface area contributed by atoms with Crippen LogP contribution >= 0.6 is 8.25 Å². The molecule has 0 aliphatic heterocycles. The largest absolute Gasteiger partial charge is 0.697 e. The first-order chi connectivity index (χ1) is 7.94. The molecule has 0 saturated heterocycles. The topological polar surface area (TPSA) is 76.0 Å². The molecule has 0 amide bonds. The lowest BCUT2D eigenvalue weighted by atomic mass is 10.1. The van der Waals surface area contributed by atoms with Crippen LogP contribution in [0.5, 0.6) is 0 Å². The van der Waals surface area contributed by atoms with Gasteiger partial charge in [-0.15, -0.1) is 9.05 Å². The van der Waals surface area contributed by atoms with Gasteiger partial charge in [0.25, 0.3) is 0 Å². The first kappa shape index (κ1) is 17.8. The van der Waals surface area contributed by atoms with E-state index in [9.17, 15) is 23.6 Å². The summed E-state index contributed by atoms with van der Waals surface area (Å²) in [6.07, 6.45) is -2.91. The molecule has 0 aliphatic carbocycles. The van der Waals surface area contributed by atoms with Gasteiger partial charge in [0.1, 0.15) is 36.8 Å². The summed E-state index contributed by atoms with van der Waals surface area (Å²) in [5.41, 5.74) is -3.78. The van der Waals surface area contributed by atoms with Gasteiger partial charge in [-0.2, -0.15) is 0 Å². The van der Waals surface area contributed by atoms with Crippen molar-refractivity contribution in [3.8, 4) is 0 Å². The molecule has 2 unspecified atom stereocenters. The number of hydrogen-bond acceptors (Lipinski definition) is 5. The van der Waals surface area contributed by atoms with Crippen molar-refractivity contribution in [2.45, 2.75) is 51.2 Å². The lowest BCUT2D eigenvalue weighted by Gasteiger charge is -2.19. The van der Waals surface area contributed by atoms with E-state index in [1.807, 2.05) is 0 Å². The molecule has 0 aliphatic rings. The lowest BCUT2D eigenvalue weighted by molar-refractivity contribution is -0.0254. The molecule has 0 aromatic carbocycles. The monoisotopic (exact) mass is 289 g/mol. The highest BCUT2D eigenvalue weighted by Gasteiger charge is 2.34. The molecule has 0 heterocycles. The Morgan fingerprint density at radius 1 is 1.00 bits per heavy atom. The maximum Gasteiger partial charge on any atom is 0.697 e. The van der Waals surface area contributed by atoms with E-state index in [1.165, 1.54) is 0 Å². The van der Waals surface area contributed by atoms with Gasteiger partial charge >= 0.3 is 8.25 Å². The minimum Gasteiger partial charge on any atom is -0.387 e. The number of rotatable bonds is 8. The quantitative estimate of drug-likeness (QED) is 0.667. The van der Waals surface area contributed by atoms with Crippen molar-refractivity contribution >= 4 is 8.25 Å². The number of hydrogen-bond donors (Lipinski definition) is 2. The second-order valence-electron chi connectivity index (χ2n) is 4.98. The van der Waals surface area contributed by atoms with Crippen molar-refractivity contribution in [2.24, 2.45) is 0 Å². The fraction of sp³-hybridized carbons (Fsp3) is 1.00. The average molecular weight is 289 g/mol. The molecule has 18 heavy (non-hydrogen) atoms. The van der Waals surface area contributed by atoms with Crippen LogP contribution in [0.2, 0.25) is 0 Å². The third-order valence-corrected chi connectivity index (χ3v) is 2.98. The zero-order chi connectivity index (χ0) is 14.6. The van der Waals surface area contributed by atoms with Crippen LogP contribution in [0.1, 0.15) is 27.7 Å². The van der Waals surface area contributed by atoms with Crippen molar-refractivity contribution in [2.75, 3.05) is 13.2 Å². The fourth-order valence-corrected chi connectivity index (χ4v) is 1.30. The van der Waals surface area contributed by atoms with Crippen LogP contribution in [0.15, 0.2) is 0 Å². The zero-order valence-corrected chi connectivity index (χ0v) is 11.8. The highest BCUT2D eigenvalue weighted by atomic mass is 31.1. The highest BCUT2D eigenvalue weighted by molar-refractivity contribution is 7.33. The minimum absolute atomic E-state index is 0.520. The number of aliphatic hydroxyl groups excluding tert-OH is 2. The van der Waals surface area contributed by atoms with Crippen LogP contribution in [0.4, 0.5) is 8.78 Å². The maximum absolute atomic E-state index is 13.1. The Hall–Kier alpha value is -0.200. The summed E-state index contributed by atoms with van der Waals surface area (Å²) in [6.45, 7) is 3.53. The standard InChI is InChI=1S/C10H20F2O5P/c1-9(2,11)7(13)5-16-18(15)17-6-8(14)10(3,4)12/h7-8,13-14H,5-6H2,1-4H3/q+1. The molecule has 0 saturated carbocycles. The van der Waals surface area contributed by atoms with Gasteiger partial charge in [0.05, 0.1) is 0 Å². The normalized spacial score (nSPS) is 17.4. The van der Waals surface area contributed by atoms with E-state index >= 15 is 0 Å². The van der Waals surface area contributed by atoms with Crippen LogP contribution in [0.3, 0.4) is 0 Å². The van der Waals surface area contributed by atoms with E-state index in [2.05, 4.69) is 9.05 Å². The van der Waals surface area contributed by atoms with Gasteiger partial charge < -0.3 is 10.2 Å². The minimum atomic E-state index is -2.64. The van der Waals surface area contributed by atoms with Gasteiger partial charge in [0.15, 0.2) is 0 Å². The van der Waals surface area contributed by atoms with Gasteiger partial charge in [-0.25, -0.2) is 8.78 Å². The molecule has 2 atom stereocenters. The third-order valence-electron chi connectivity index (χ3n) is 2.26. The Morgan fingerprint density at radius 3 is 1.50 bits per heavy atom. The van der Waals surface area contributed by atoms with Gasteiger partial charge in [-0.05, 0) is 27.7 Å². The maximum atomic E-state index is 13.1. The molecule has 0 rings (SSSR count). The third kappa shape index (κ3) is 7.28. The molecule has 2 N–H and O–H groups in total. The molecule has 0 bridgehead atoms. The van der Waals surface area contributed by atoms with E-state index < -0.39 is 45.0 Å². The smallest absolute Gasteiger partial charge is 0.387 e. The number of aliphatic hydroxyl groups is 2. The molecular formula is C10H20F2O5P+. The second kappa shape index (κ2) is 6.82. The van der Waals surface area contributed by atoms with E-state index in [1.54, 1.807) is 0 Å². The van der Waals surface area contributed by atoms with Crippen molar-refractivity contribution in [3.63, 3.8) is 0 Å². The highest BCUT2D eigenvalue weighted by Crippen LogP contribution is 2.27. The summed E-state index contributed by atoms with van der Waals surface area (Å²) in [5, 5.41) is 18.5. The number of halogens is 2. The first-order valence-corrected chi connectivity index (χ1v) is 6.51. The van der Waals surface area contributed by atoms with E-state index in [0.29, 0.717) is 0 Å². The summed E-state index contributed by atoms with van der Waals surface area (Å²) < 4.78 is 46.6. The van der Waals surface area contributed by atoms with Crippen LogP contribution in [0.25, 0.3) is 0 Å². The van der Waals surface area contributed by atoms with E-state index in [-0.39, 0.29) is 0 Å². The fourth-order valence-electron chi connectivity index (χ4n) is 0.697. The van der Waals surface area contributed by atoms with Gasteiger partial charge in [0.2, 0.25) is 0 Å². The van der Waals surface area contributed by atoms with Crippen molar-refractivity contribution < 1.29 is 32.6 Å². The molecule has 5 nitrogen and oxygen atoms in total. The Bertz CT molecular complexity index is 248. The SMILES string of the molecule is CC(C)(F)C(O)CO[P+](=O)OCC(O)C(C)(C)F. The van der Waals surface area contributed by atoms with Crippen LogP contribution in [-0.2, 0) is 13.6 Å². The summed E-state index contributed by atoms with van der Waals surface area (Å²) in [6, 6.07) is 0. The van der Waals surface area contributed by atoms with Gasteiger partial charge in [0, 0.05) is 4.57 Å². The average Bonchev–Trinajstić information content (AvgIpc) is 2.19. The summed E-state index contributed by atoms with van der Waals surface area (Å²) in [7, 11) is -2.64. The molecule has 0 aromatic rings. The van der Waals surface area contributed by atoms with Gasteiger partial charge in [-0.3, -0.25) is 0 Å². The Kier molecular flexibility index (Phi) is 6.74. The predicted molar refractivity (Wildman–Crippen MR) is 61.9 cm³/mol. The predicted octanol–water partition coefficient (Wildman–Crippen LogP) is 1.90. The van der Waals surface area contributed by atoms with Crippen LogP contribution in [0, 0.1) is 0 Å². The Labute approximate surface area is 106 Å². The Balaban J connectivity index is 3.94. The summed E-state index contributed by atoms with van der Waals surface area (Å²) in [5.74, 6) is 0. The second-order valence-corrected chi connectivity index (χ2v) is 5.94. The molecule has 0 radical (unpaired) electrons. The van der Waals surface area contributed by atoms with Crippen LogP contribution < -0.4 is 0 Å². The summed E-state index contributed by atoms with van der Waals surface area (Å²) >= 11 is 0. The summed E-state index contributed by atoms with van der Waals surface area (Å²) in [4.78, 5) is 0. The number of alkyl halides is 2. The van der Waals surface area contributed by atoms with Gasteiger partial charge in [-0.1, -0.05) is 0 Å². The zero-order valence-electron chi connectivity index (χ0n) is 10.9. The van der Waals surface area contributed by atoms with Crippen LogP contribution in [-0.4, -0.2) is 47.0 Å².